The maximum atomic E-state index is 11.6. The highest BCUT2D eigenvalue weighted by atomic mass is 16.5. The van der Waals surface area contributed by atoms with Crippen molar-refractivity contribution in [3.05, 3.63) is 40.6 Å². The van der Waals surface area contributed by atoms with Gasteiger partial charge in [-0.25, -0.2) is 9.84 Å². The minimum absolute atomic E-state index is 0.198. The van der Waals surface area contributed by atoms with E-state index in [0.717, 1.165) is 10.4 Å². The molecule has 0 saturated carbocycles. The molecule has 1 aliphatic rings. The molecule has 3 heterocycles. The van der Waals surface area contributed by atoms with Crippen molar-refractivity contribution in [3.8, 4) is 0 Å². The molecule has 0 spiro atoms. The number of hydroxylamine groups is 1. The molecule has 0 radical (unpaired) electrons. The van der Waals surface area contributed by atoms with Gasteiger partial charge in [-0.2, -0.15) is 0 Å². The number of rotatable bonds is 1. The number of hydrogen-bond acceptors (Lipinski definition) is 5. The monoisotopic (exact) mass is 216 g/mol. The van der Waals surface area contributed by atoms with Gasteiger partial charge < -0.3 is 10.1 Å². The third-order valence-corrected chi connectivity index (χ3v) is 2.35. The third-order valence-electron chi connectivity index (χ3n) is 2.35. The Kier molecular flexibility index (Phi) is 1.82. The van der Waals surface area contributed by atoms with E-state index in [9.17, 15) is 5.21 Å². The van der Waals surface area contributed by atoms with E-state index < -0.39 is 0 Å². The van der Waals surface area contributed by atoms with Crippen LogP contribution in [0.2, 0.25) is 0 Å². The fraction of sp³-hybridized carbons (Fsp3) is 0.111. The Hall–Kier alpha value is -2.44. The number of fused-ring (bicyclic) bond motifs is 1. The van der Waals surface area contributed by atoms with Crippen molar-refractivity contribution in [1.29, 1.82) is 0 Å². The highest BCUT2D eigenvalue weighted by Crippen LogP contribution is 2.11. The summed E-state index contributed by atoms with van der Waals surface area (Å²) < 4.78 is 0.791. The second kappa shape index (κ2) is 3.30. The molecule has 0 saturated heterocycles. The molecule has 80 valence electrons. The summed E-state index contributed by atoms with van der Waals surface area (Å²) in [6.45, 7) is 0.198. The summed E-state index contributed by atoms with van der Waals surface area (Å²) in [5.41, 5.74) is 1.22. The summed E-state index contributed by atoms with van der Waals surface area (Å²) in [4.78, 5) is 5.73. The van der Waals surface area contributed by atoms with Crippen LogP contribution in [0.4, 0.5) is 5.69 Å². The van der Waals surface area contributed by atoms with Crippen molar-refractivity contribution in [2.24, 2.45) is 0 Å². The molecule has 0 fully saturated rings. The number of aromatic amines is 1. The number of anilines is 1. The molecule has 2 aromatic rings. The average molecular weight is 216 g/mol. The van der Waals surface area contributed by atoms with E-state index in [-0.39, 0.29) is 6.67 Å². The fourth-order valence-corrected chi connectivity index (χ4v) is 1.59. The molecule has 0 bridgehead atoms. The second-order valence-corrected chi connectivity index (χ2v) is 3.37. The van der Waals surface area contributed by atoms with Crippen LogP contribution in [0.3, 0.4) is 0 Å². The smallest absolute Gasteiger partial charge is 0.378 e. The van der Waals surface area contributed by atoms with Crippen molar-refractivity contribution >= 4 is 11.9 Å². The average Bonchev–Trinajstić information content (AvgIpc) is 2.79. The number of H-pyrrole nitrogens is 1. The second-order valence-electron chi connectivity index (χ2n) is 3.37. The molecule has 3 rings (SSSR count). The first-order chi connectivity index (χ1) is 7.84. The van der Waals surface area contributed by atoms with Gasteiger partial charge in [0.25, 0.3) is 0 Å². The van der Waals surface area contributed by atoms with Gasteiger partial charge in [-0.1, -0.05) is 0 Å². The van der Waals surface area contributed by atoms with E-state index in [1.165, 1.54) is 0 Å². The largest absolute Gasteiger partial charge is 0.714 e. The first-order valence-corrected chi connectivity index (χ1v) is 4.72. The van der Waals surface area contributed by atoms with E-state index >= 15 is 0 Å². The van der Waals surface area contributed by atoms with Crippen LogP contribution < -0.4 is 20.5 Å². The molecular weight excluding hydrogens is 208 g/mol. The van der Waals surface area contributed by atoms with Gasteiger partial charge >= 0.3 is 5.49 Å². The van der Waals surface area contributed by atoms with E-state index in [1.807, 2.05) is 12.1 Å². The Balaban J connectivity index is 2.11. The SMILES string of the molecule is [O-][N+]1=c2nn[nH]c2=CN(c2ccncc2)C1. The molecule has 2 aromatic heterocycles. The lowest BCUT2D eigenvalue weighted by Gasteiger charge is -2.22. The Bertz CT molecular complexity index is 619. The summed E-state index contributed by atoms with van der Waals surface area (Å²) in [5.74, 6) is 0. The number of aromatic nitrogens is 4. The Labute approximate surface area is 89.9 Å². The molecule has 7 nitrogen and oxygen atoms in total. The summed E-state index contributed by atoms with van der Waals surface area (Å²) >= 11 is 0. The van der Waals surface area contributed by atoms with Gasteiger partial charge in [-0.05, 0) is 12.1 Å². The Morgan fingerprint density at radius 1 is 1.38 bits per heavy atom. The lowest BCUT2D eigenvalue weighted by Crippen LogP contribution is -2.48. The molecule has 1 N–H and O–H groups in total. The van der Waals surface area contributed by atoms with Crippen LogP contribution in [0.25, 0.3) is 6.20 Å². The van der Waals surface area contributed by atoms with E-state index in [0.29, 0.717) is 10.8 Å². The number of hydrogen-bond donors (Lipinski definition) is 1. The topological polar surface area (TPSA) is 83.8 Å². The van der Waals surface area contributed by atoms with Crippen molar-refractivity contribution in [2.75, 3.05) is 11.6 Å². The van der Waals surface area contributed by atoms with E-state index in [1.54, 1.807) is 23.5 Å². The molecule has 0 amide bonds. The summed E-state index contributed by atoms with van der Waals surface area (Å²) in [7, 11) is 0. The standard InChI is InChI=1S/C9H8N6O/c16-15-6-14(7-1-3-10-4-2-7)5-8-9(15)12-13-11-8/h1-5H,6H2,(H,11,12). The van der Waals surface area contributed by atoms with Crippen LogP contribution in [0.5, 0.6) is 0 Å². The molecule has 1 aliphatic heterocycles. The molecule has 0 aromatic carbocycles. The Morgan fingerprint density at radius 2 is 2.19 bits per heavy atom. The van der Waals surface area contributed by atoms with E-state index in [4.69, 9.17) is 0 Å². The van der Waals surface area contributed by atoms with Crippen molar-refractivity contribution < 1.29 is 0 Å². The van der Waals surface area contributed by atoms with Crippen molar-refractivity contribution in [3.63, 3.8) is 0 Å². The first-order valence-electron chi connectivity index (χ1n) is 4.72. The fourth-order valence-electron chi connectivity index (χ4n) is 1.59. The number of nitrogens with one attached hydrogen (secondary N) is 1. The Morgan fingerprint density at radius 3 is 3.00 bits per heavy atom. The lowest BCUT2D eigenvalue weighted by atomic mass is 10.3. The zero-order chi connectivity index (χ0) is 11.0. The van der Waals surface area contributed by atoms with Crippen LogP contribution in [0.15, 0.2) is 24.5 Å². The third kappa shape index (κ3) is 1.29. The quantitative estimate of drug-likeness (QED) is 0.458. The summed E-state index contributed by atoms with van der Waals surface area (Å²) in [5, 5.41) is 22.2. The predicted octanol–water partition coefficient (Wildman–Crippen LogP) is -1.60. The van der Waals surface area contributed by atoms with Gasteiger partial charge in [0, 0.05) is 29.5 Å². The zero-order valence-electron chi connectivity index (χ0n) is 8.24. The molecule has 0 atom stereocenters. The van der Waals surface area contributed by atoms with Gasteiger partial charge in [-0.3, -0.25) is 4.98 Å². The van der Waals surface area contributed by atoms with Gasteiger partial charge in [0.05, 0.1) is 0 Å². The molecule has 0 unspecified atom stereocenters. The van der Waals surface area contributed by atoms with Crippen molar-refractivity contribution in [2.45, 2.75) is 0 Å². The molecule has 16 heavy (non-hydrogen) atoms. The van der Waals surface area contributed by atoms with Gasteiger partial charge in [0.2, 0.25) is 0 Å². The highest BCUT2D eigenvalue weighted by molar-refractivity contribution is 5.57. The van der Waals surface area contributed by atoms with Crippen molar-refractivity contribution in [1.82, 2.24) is 25.1 Å². The van der Waals surface area contributed by atoms with Gasteiger partial charge in [0.15, 0.2) is 12.0 Å². The summed E-state index contributed by atoms with van der Waals surface area (Å²) in [6, 6.07) is 3.66. The zero-order valence-corrected chi connectivity index (χ0v) is 8.24. The first kappa shape index (κ1) is 8.84. The van der Waals surface area contributed by atoms with E-state index in [2.05, 4.69) is 20.4 Å². The maximum Gasteiger partial charge on any atom is 0.378 e. The number of pyridine rings is 1. The highest BCUT2D eigenvalue weighted by Gasteiger charge is 2.14. The van der Waals surface area contributed by atoms with Crippen LogP contribution in [-0.4, -0.2) is 27.1 Å². The van der Waals surface area contributed by atoms with Gasteiger partial charge in [0.1, 0.15) is 5.10 Å². The predicted molar refractivity (Wildman–Crippen MR) is 56.3 cm³/mol. The van der Waals surface area contributed by atoms with Crippen LogP contribution >= 0.6 is 0 Å². The normalized spacial score (nSPS) is 14.5. The number of nitrogens with zero attached hydrogens (tertiary/aromatic N) is 5. The molecular formula is C9H8N6O. The molecule has 0 aliphatic carbocycles. The summed E-state index contributed by atoms with van der Waals surface area (Å²) in [6.07, 6.45) is 5.16. The van der Waals surface area contributed by atoms with Crippen LogP contribution in [0, 0.1) is 5.21 Å². The van der Waals surface area contributed by atoms with Crippen LogP contribution in [0.1, 0.15) is 0 Å². The minimum atomic E-state index is 0.198. The van der Waals surface area contributed by atoms with Crippen LogP contribution in [-0.2, 0) is 0 Å². The molecule has 7 heteroatoms. The lowest BCUT2D eigenvalue weighted by molar-refractivity contribution is 0.687. The maximum absolute atomic E-state index is 11.6. The van der Waals surface area contributed by atoms with Gasteiger partial charge in [-0.15, -0.1) is 0 Å². The minimum Gasteiger partial charge on any atom is -0.714 e.